The van der Waals surface area contributed by atoms with Gasteiger partial charge in [0.15, 0.2) is 12.4 Å². The van der Waals surface area contributed by atoms with Gasteiger partial charge in [0.05, 0.1) is 12.2 Å². The van der Waals surface area contributed by atoms with E-state index in [1.54, 1.807) is 30.3 Å². The number of rotatable bonds is 5. The lowest BCUT2D eigenvalue weighted by Crippen LogP contribution is -2.06. The Kier molecular flexibility index (Phi) is 3.69. The van der Waals surface area contributed by atoms with Gasteiger partial charge < -0.3 is 9.47 Å². The van der Waals surface area contributed by atoms with E-state index in [2.05, 4.69) is 0 Å². The second kappa shape index (κ2) is 5.79. The fraction of sp³-hybridized carbons (Fsp3) is 0.176. The Morgan fingerprint density at radius 2 is 1.95 bits per heavy atom. The van der Waals surface area contributed by atoms with E-state index in [1.165, 1.54) is 0 Å². The zero-order valence-electron chi connectivity index (χ0n) is 11.4. The molecule has 2 aromatic rings. The van der Waals surface area contributed by atoms with Crippen molar-refractivity contribution in [1.82, 2.24) is 0 Å². The number of fused-ring (bicyclic) bond motifs is 1. The number of hydrogen-bond donors (Lipinski definition) is 0. The number of carbonyl (C=O) groups excluding carboxylic acids is 2. The molecular weight excluding hydrogens is 268 g/mol. The van der Waals surface area contributed by atoms with Crippen molar-refractivity contribution in [2.24, 2.45) is 0 Å². The minimum Gasteiger partial charge on any atom is -0.493 e. The summed E-state index contributed by atoms with van der Waals surface area (Å²) >= 11 is 0. The first-order valence-corrected chi connectivity index (χ1v) is 6.75. The van der Waals surface area contributed by atoms with Gasteiger partial charge in [-0.05, 0) is 12.1 Å². The van der Waals surface area contributed by atoms with Crippen LogP contribution in [0.25, 0.3) is 0 Å². The minimum absolute atomic E-state index is 0.0178. The fourth-order valence-electron chi connectivity index (χ4n) is 2.19. The summed E-state index contributed by atoms with van der Waals surface area (Å²) in [6.07, 6.45) is 0.306. The van der Waals surface area contributed by atoms with Gasteiger partial charge in [-0.1, -0.05) is 30.3 Å². The van der Waals surface area contributed by atoms with E-state index in [-0.39, 0.29) is 18.2 Å². The Morgan fingerprint density at radius 3 is 2.76 bits per heavy atom. The van der Waals surface area contributed by atoms with Crippen LogP contribution in [0.15, 0.2) is 48.5 Å². The standard InChI is InChI=1S/C17H14O4/c18-15(12-4-2-1-3-5-12)8-9-20-13-6-7-14-16(19)11-21-17(14)10-13/h1-7,10H,8-9,11H2. The van der Waals surface area contributed by atoms with E-state index in [9.17, 15) is 9.59 Å². The number of Topliss-reactive ketones (excluding diaryl/α,β-unsaturated/α-hetero) is 2. The fourth-order valence-corrected chi connectivity index (χ4v) is 2.19. The van der Waals surface area contributed by atoms with Crippen LogP contribution in [0.5, 0.6) is 11.5 Å². The van der Waals surface area contributed by atoms with Gasteiger partial charge >= 0.3 is 0 Å². The highest BCUT2D eigenvalue weighted by Gasteiger charge is 2.21. The van der Waals surface area contributed by atoms with Crippen LogP contribution >= 0.6 is 0 Å². The zero-order valence-corrected chi connectivity index (χ0v) is 11.4. The summed E-state index contributed by atoms with van der Waals surface area (Å²) in [5.74, 6) is 1.18. The van der Waals surface area contributed by atoms with Crippen molar-refractivity contribution in [2.75, 3.05) is 13.2 Å². The average molecular weight is 282 g/mol. The largest absolute Gasteiger partial charge is 0.493 e. The molecule has 106 valence electrons. The molecule has 0 aromatic heterocycles. The highest BCUT2D eigenvalue weighted by atomic mass is 16.5. The van der Waals surface area contributed by atoms with Crippen molar-refractivity contribution in [3.05, 3.63) is 59.7 Å². The third-order valence-electron chi connectivity index (χ3n) is 3.31. The van der Waals surface area contributed by atoms with Gasteiger partial charge in [0.1, 0.15) is 11.5 Å². The second-order valence-electron chi connectivity index (χ2n) is 4.76. The molecule has 4 heteroatoms. The summed E-state index contributed by atoms with van der Waals surface area (Å²) in [4.78, 5) is 23.3. The monoisotopic (exact) mass is 282 g/mol. The van der Waals surface area contributed by atoms with Crippen LogP contribution in [0.1, 0.15) is 27.1 Å². The third-order valence-corrected chi connectivity index (χ3v) is 3.31. The average Bonchev–Trinajstić information content (AvgIpc) is 2.89. The quantitative estimate of drug-likeness (QED) is 0.791. The first-order chi connectivity index (χ1) is 10.2. The normalized spacial score (nSPS) is 12.7. The predicted molar refractivity (Wildman–Crippen MR) is 77.2 cm³/mol. The van der Waals surface area contributed by atoms with E-state index in [4.69, 9.17) is 9.47 Å². The summed E-state index contributed by atoms with van der Waals surface area (Å²) in [5.41, 5.74) is 1.27. The molecule has 3 rings (SSSR count). The first-order valence-electron chi connectivity index (χ1n) is 6.75. The number of carbonyl (C=O) groups is 2. The minimum atomic E-state index is -0.0178. The van der Waals surface area contributed by atoms with Crippen molar-refractivity contribution in [3.8, 4) is 11.5 Å². The van der Waals surface area contributed by atoms with Crippen molar-refractivity contribution in [2.45, 2.75) is 6.42 Å². The summed E-state index contributed by atoms with van der Waals surface area (Å²) in [6.45, 7) is 0.381. The van der Waals surface area contributed by atoms with E-state index < -0.39 is 0 Å². The van der Waals surface area contributed by atoms with Crippen molar-refractivity contribution >= 4 is 11.6 Å². The van der Waals surface area contributed by atoms with Crippen LogP contribution in [-0.2, 0) is 0 Å². The zero-order chi connectivity index (χ0) is 14.7. The van der Waals surface area contributed by atoms with Gasteiger partial charge in [-0.25, -0.2) is 0 Å². The maximum atomic E-state index is 11.9. The van der Waals surface area contributed by atoms with Crippen LogP contribution in [0, 0.1) is 0 Å². The van der Waals surface area contributed by atoms with Crippen LogP contribution in [0.2, 0.25) is 0 Å². The molecule has 0 radical (unpaired) electrons. The molecule has 0 N–H and O–H groups in total. The summed E-state index contributed by atoms with van der Waals surface area (Å²) in [6, 6.07) is 14.2. The van der Waals surface area contributed by atoms with Crippen LogP contribution < -0.4 is 9.47 Å². The van der Waals surface area contributed by atoms with Crippen LogP contribution in [-0.4, -0.2) is 24.8 Å². The first kappa shape index (κ1) is 13.4. The Labute approximate surface area is 122 Å². The molecule has 21 heavy (non-hydrogen) atoms. The predicted octanol–water partition coefficient (Wildman–Crippen LogP) is 2.91. The lowest BCUT2D eigenvalue weighted by Gasteiger charge is -2.07. The molecule has 2 aromatic carbocycles. The SMILES string of the molecule is O=C(CCOc1ccc2c(c1)OCC2=O)c1ccccc1. The van der Waals surface area contributed by atoms with Gasteiger partial charge in [0, 0.05) is 18.1 Å². The van der Waals surface area contributed by atoms with Gasteiger partial charge in [0.25, 0.3) is 0 Å². The van der Waals surface area contributed by atoms with Gasteiger partial charge in [0.2, 0.25) is 5.78 Å². The molecule has 0 bridgehead atoms. The maximum absolute atomic E-state index is 11.9. The molecule has 0 amide bonds. The number of benzene rings is 2. The molecule has 1 aliphatic heterocycles. The molecule has 0 saturated heterocycles. The lowest BCUT2D eigenvalue weighted by atomic mass is 10.1. The van der Waals surface area contributed by atoms with Crippen molar-refractivity contribution in [1.29, 1.82) is 0 Å². The Balaban J connectivity index is 1.57. The van der Waals surface area contributed by atoms with Crippen LogP contribution in [0.3, 0.4) is 0 Å². The Hall–Kier alpha value is -2.62. The van der Waals surface area contributed by atoms with E-state index in [1.807, 2.05) is 18.2 Å². The highest BCUT2D eigenvalue weighted by Crippen LogP contribution is 2.29. The Bertz CT molecular complexity index is 676. The Morgan fingerprint density at radius 1 is 1.14 bits per heavy atom. The number of hydrogen-bond acceptors (Lipinski definition) is 4. The molecule has 1 aliphatic rings. The number of ketones is 2. The number of ether oxygens (including phenoxy) is 2. The smallest absolute Gasteiger partial charge is 0.203 e. The second-order valence-corrected chi connectivity index (χ2v) is 4.76. The lowest BCUT2D eigenvalue weighted by molar-refractivity contribution is 0.0953. The summed E-state index contributed by atoms with van der Waals surface area (Å²) < 4.78 is 10.8. The molecule has 0 aliphatic carbocycles. The molecular formula is C17H14O4. The molecule has 0 saturated carbocycles. The molecule has 0 spiro atoms. The van der Waals surface area contributed by atoms with Gasteiger partial charge in [-0.3, -0.25) is 9.59 Å². The van der Waals surface area contributed by atoms with Gasteiger partial charge in [-0.2, -0.15) is 0 Å². The molecule has 0 unspecified atom stereocenters. The van der Waals surface area contributed by atoms with Gasteiger partial charge in [-0.15, -0.1) is 0 Å². The van der Waals surface area contributed by atoms with E-state index in [0.717, 1.165) is 0 Å². The van der Waals surface area contributed by atoms with Crippen LogP contribution in [0.4, 0.5) is 0 Å². The molecule has 0 atom stereocenters. The topological polar surface area (TPSA) is 52.6 Å². The van der Waals surface area contributed by atoms with E-state index in [0.29, 0.717) is 35.7 Å². The molecule has 1 heterocycles. The maximum Gasteiger partial charge on any atom is 0.203 e. The highest BCUT2D eigenvalue weighted by molar-refractivity contribution is 6.02. The van der Waals surface area contributed by atoms with E-state index >= 15 is 0 Å². The summed E-state index contributed by atoms with van der Waals surface area (Å²) in [5, 5.41) is 0. The molecule has 0 fully saturated rings. The third kappa shape index (κ3) is 2.94. The molecule has 4 nitrogen and oxygen atoms in total. The summed E-state index contributed by atoms with van der Waals surface area (Å²) in [7, 11) is 0. The van der Waals surface area contributed by atoms with Crippen molar-refractivity contribution in [3.63, 3.8) is 0 Å². The van der Waals surface area contributed by atoms with Crippen molar-refractivity contribution < 1.29 is 19.1 Å².